The van der Waals surface area contributed by atoms with Gasteiger partial charge in [0.1, 0.15) is 35.9 Å². The Bertz CT molecular complexity index is 4230. The summed E-state index contributed by atoms with van der Waals surface area (Å²) in [6, 6.07) is 5.15. The highest BCUT2D eigenvalue weighted by Gasteiger charge is 2.76. The van der Waals surface area contributed by atoms with Crippen LogP contribution in [0, 0.1) is 5.92 Å². The summed E-state index contributed by atoms with van der Waals surface area (Å²) < 4.78 is 42.7. The molecule has 9 atom stereocenters. The first kappa shape index (κ1) is 52.8. The summed E-state index contributed by atoms with van der Waals surface area (Å²) in [5.41, 5.74) is -16.7. The van der Waals surface area contributed by atoms with Crippen molar-refractivity contribution in [1.82, 2.24) is 0 Å². The van der Waals surface area contributed by atoms with Crippen LogP contribution >= 0.6 is 0 Å². The lowest BCUT2D eigenvalue weighted by atomic mass is 9.66. The number of rotatable bonds is 1. The second-order valence-electron chi connectivity index (χ2n) is 20.5. The standard InChI is InChI=1S/C55H36O30/c56-15-2-1-10(3-17(15)58)44-21(62)4-11-16(57)8-22-27(45(11)81-44)32-47-48-46-23(9-79-50(74)12-5-18(59)34(63)37(66)24(12)25-13(52(76)82-46)6-19(60)35(64)38(25)67)80-51(75)14-7-20(61)36(65)39(68)26(14)28-30(53(77)84-48)29(41(70)43(72)40(28)69)31-33(54(78)83-47)55(32,85-22)49(73)42(31)71/h1-3,5-8,21,23,32-33,44,46-48,56-72H,4,9H2/t21-,23-,32+,33-,44+,46+,47+,48-,55-/m0/s1. The van der Waals surface area contributed by atoms with Crippen LogP contribution in [0.5, 0.6) is 97.7 Å². The van der Waals surface area contributed by atoms with E-state index in [1.54, 1.807) is 0 Å². The van der Waals surface area contributed by atoms with Crippen LogP contribution in [0.4, 0.5) is 0 Å². The van der Waals surface area contributed by atoms with Gasteiger partial charge in [0.05, 0.1) is 34.3 Å². The Morgan fingerprint density at radius 2 is 1.00 bits per heavy atom. The number of benzene rings is 6. The zero-order valence-corrected chi connectivity index (χ0v) is 42.0. The first-order chi connectivity index (χ1) is 40.2. The molecule has 7 heterocycles. The van der Waals surface area contributed by atoms with Crippen molar-refractivity contribution in [3.63, 3.8) is 0 Å². The normalized spacial score (nSPS) is 25.0. The highest BCUT2D eigenvalue weighted by atomic mass is 16.6. The predicted molar refractivity (Wildman–Crippen MR) is 267 cm³/mol. The third-order valence-electron chi connectivity index (χ3n) is 16.1. The molecule has 17 N–H and O–H groups in total. The third kappa shape index (κ3) is 6.83. The lowest BCUT2D eigenvalue weighted by Crippen LogP contribution is -2.65. The molecule has 0 amide bonds. The number of carbonyl (C=O) groups is 6. The molecule has 30 nitrogen and oxygen atoms in total. The van der Waals surface area contributed by atoms with Crippen LogP contribution in [-0.2, 0) is 39.7 Å². The third-order valence-corrected chi connectivity index (χ3v) is 16.1. The van der Waals surface area contributed by atoms with Crippen LogP contribution in [0.2, 0.25) is 0 Å². The Morgan fingerprint density at radius 1 is 0.459 bits per heavy atom. The number of cyclic esters (lactones) is 1. The van der Waals surface area contributed by atoms with Gasteiger partial charge < -0.3 is 120 Å². The summed E-state index contributed by atoms with van der Waals surface area (Å²) in [5.74, 6) is -39.1. The second kappa shape index (κ2) is 17.5. The van der Waals surface area contributed by atoms with Gasteiger partial charge in [-0.1, -0.05) is 6.07 Å². The number of ether oxygens (including phenoxy) is 7. The quantitative estimate of drug-likeness (QED) is 0.0638. The van der Waals surface area contributed by atoms with Crippen molar-refractivity contribution in [2.45, 2.75) is 54.6 Å². The van der Waals surface area contributed by atoms with Crippen molar-refractivity contribution in [2.75, 3.05) is 6.61 Å². The summed E-state index contributed by atoms with van der Waals surface area (Å²) >= 11 is 0. The molecule has 6 aromatic carbocycles. The zero-order valence-electron chi connectivity index (χ0n) is 42.0. The van der Waals surface area contributed by atoms with E-state index in [-0.39, 0.29) is 11.1 Å². The van der Waals surface area contributed by atoms with Crippen molar-refractivity contribution in [2.24, 2.45) is 5.92 Å². The van der Waals surface area contributed by atoms with Crippen molar-refractivity contribution < 1.29 is 149 Å². The average molecular weight is 1180 g/mol. The molecule has 1 saturated heterocycles. The van der Waals surface area contributed by atoms with E-state index in [0.717, 1.165) is 18.2 Å². The molecule has 1 aliphatic carbocycles. The highest BCUT2D eigenvalue weighted by molar-refractivity contribution is 6.22. The molecule has 436 valence electrons. The van der Waals surface area contributed by atoms with E-state index < -0.39 is 267 Å². The van der Waals surface area contributed by atoms with Crippen LogP contribution < -0.4 is 9.47 Å². The monoisotopic (exact) mass is 1180 g/mol. The van der Waals surface area contributed by atoms with E-state index in [9.17, 15) is 91.6 Å². The molecule has 7 aliphatic heterocycles. The van der Waals surface area contributed by atoms with Crippen LogP contribution in [0.1, 0.15) is 75.7 Å². The summed E-state index contributed by atoms with van der Waals surface area (Å²) in [4.78, 5) is 91.7. The van der Waals surface area contributed by atoms with Gasteiger partial charge in [0, 0.05) is 57.0 Å². The van der Waals surface area contributed by atoms with Gasteiger partial charge in [0.25, 0.3) is 0 Å². The fourth-order valence-corrected chi connectivity index (χ4v) is 12.4. The minimum absolute atomic E-state index is 0.0522. The maximum absolute atomic E-state index is 15.8. The number of hydrogen-bond acceptors (Lipinski definition) is 30. The fourth-order valence-electron chi connectivity index (χ4n) is 12.4. The molecule has 14 rings (SSSR count). The van der Waals surface area contributed by atoms with E-state index in [1.165, 1.54) is 6.07 Å². The van der Waals surface area contributed by atoms with Gasteiger partial charge in [-0.2, -0.15) is 0 Å². The minimum Gasteiger partial charge on any atom is -0.507 e. The molecular formula is C55H36O30. The summed E-state index contributed by atoms with van der Waals surface area (Å²) in [6.45, 7) is -1.57. The van der Waals surface area contributed by atoms with Gasteiger partial charge in [-0.3, -0.25) is 9.59 Å². The molecule has 30 heteroatoms. The summed E-state index contributed by atoms with van der Waals surface area (Å²) in [5, 5.41) is 192. The molecule has 6 bridgehead atoms. The fraction of sp³-hybridized carbons (Fsp3) is 0.200. The molecule has 6 aromatic rings. The Morgan fingerprint density at radius 3 is 1.60 bits per heavy atom. The molecule has 8 aliphatic rings. The Balaban J connectivity index is 1.15. The zero-order chi connectivity index (χ0) is 60.8. The van der Waals surface area contributed by atoms with E-state index in [1.807, 2.05) is 0 Å². The number of aliphatic hydroxyl groups is 2. The molecule has 1 fully saturated rings. The number of phenolic OH excluding ortho intramolecular Hbond substituents is 15. The molecule has 85 heavy (non-hydrogen) atoms. The van der Waals surface area contributed by atoms with E-state index in [2.05, 4.69) is 0 Å². The Labute approximate surface area is 468 Å². The number of hydrogen-bond donors (Lipinski definition) is 17. The molecule has 0 aromatic heterocycles. The second-order valence-corrected chi connectivity index (χ2v) is 20.5. The number of ketones is 1. The topological polar surface area (TPSA) is 511 Å². The lowest BCUT2D eigenvalue weighted by Gasteiger charge is -2.47. The van der Waals surface area contributed by atoms with Crippen LogP contribution in [0.3, 0.4) is 0 Å². The molecule has 0 unspecified atom stereocenters. The van der Waals surface area contributed by atoms with Gasteiger partial charge in [0.2, 0.25) is 34.4 Å². The van der Waals surface area contributed by atoms with Crippen LogP contribution in [-0.4, -0.2) is 165 Å². The maximum atomic E-state index is 15.8. The van der Waals surface area contributed by atoms with Crippen molar-refractivity contribution in [3.05, 3.63) is 92.7 Å². The van der Waals surface area contributed by atoms with Gasteiger partial charge in [0.15, 0.2) is 87.7 Å². The molecule has 0 saturated carbocycles. The smallest absolute Gasteiger partial charge is 0.340 e. The molecular weight excluding hydrogens is 1140 g/mol. The first-order valence-corrected chi connectivity index (χ1v) is 24.8. The SMILES string of the molecule is O=C1OC[C@@H]2OC(=O)c3cc(O)c(O)c(O)c3-c3c(O)c(O)c(O)c4c3C(=O)O[C@@H]([C@@H]2OC(=O)c2cc(O)c(O)c(O)c2-c2c1cc(O)c(O)c2O)[C@@H]1OC(=O)[C@@H]2C4=C(O)C(=O)[C@@]23Oc2cc(O)c4c(c2[C@H]13)O[C@H](c1ccc(O)c(O)c1)[C@@H](O)C4. The van der Waals surface area contributed by atoms with Crippen molar-refractivity contribution in [3.8, 4) is 120 Å². The lowest BCUT2D eigenvalue weighted by molar-refractivity contribution is -0.200. The number of carbonyl (C=O) groups excluding carboxylic acids is 6. The summed E-state index contributed by atoms with van der Waals surface area (Å²) in [7, 11) is 0. The average Bonchev–Trinajstić information content (AvgIpc) is 1.52. The number of fused-ring (bicyclic) bond motifs is 10. The molecule has 0 radical (unpaired) electrons. The Hall–Kier alpha value is -11.6. The number of esters is 5. The summed E-state index contributed by atoms with van der Waals surface area (Å²) in [6.07, 6.45) is -14.9. The van der Waals surface area contributed by atoms with E-state index in [4.69, 9.17) is 33.2 Å². The largest absolute Gasteiger partial charge is 0.507 e. The van der Waals surface area contributed by atoms with E-state index >= 15 is 24.0 Å². The first-order valence-electron chi connectivity index (χ1n) is 24.8. The minimum atomic E-state index is -3.14. The number of phenols is 15. The Kier molecular flexibility index (Phi) is 10.9. The molecule has 1 spiro atoms. The van der Waals surface area contributed by atoms with Crippen molar-refractivity contribution >= 4 is 41.2 Å². The van der Waals surface area contributed by atoms with Gasteiger partial charge in [-0.15, -0.1) is 0 Å². The van der Waals surface area contributed by atoms with E-state index in [0.29, 0.717) is 18.2 Å². The van der Waals surface area contributed by atoms with Crippen molar-refractivity contribution in [1.29, 1.82) is 0 Å². The van der Waals surface area contributed by atoms with Gasteiger partial charge in [-0.25, -0.2) is 19.2 Å². The van der Waals surface area contributed by atoms with Gasteiger partial charge in [-0.05, 0) is 35.9 Å². The maximum Gasteiger partial charge on any atom is 0.340 e. The van der Waals surface area contributed by atoms with Crippen LogP contribution in [0.15, 0.2) is 48.2 Å². The number of Topliss-reactive ketones (excluding diaryl/α,β-unsaturated/α-hetero) is 1. The van der Waals surface area contributed by atoms with Gasteiger partial charge >= 0.3 is 29.8 Å². The number of aromatic hydroxyl groups is 15. The predicted octanol–water partition coefficient (Wildman–Crippen LogP) is 2.42. The van der Waals surface area contributed by atoms with Crippen LogP contribution in [0.25, 0.3) is 27.8 Å². The highest BCUT2D eigenvalue weighted by Crippen LogP contribution is 2.68. The number of aliphatic hydroxyl groups excluding tert-OH is 2.